The van der Waals surface area contributed by atoms with Crippen molar-refractivity contribution < 1.29 is 18.8 Å². The summed E-state index contributed by atoms with van der Waals surface area (Å²) in [6.45, 7) is 6.69. The van der Waals surface area contributed by atoms with Gasteiger partial charge in [-0.1, -0.05) is 18.1 Å². The van der Waals surface area contributed by atoms with Crippen LogP contribution in [0.25, 0.3) is 10.7 Å². The molecule has 3 heterocycles. The average Bonchev–Trinajstić information content (AvgIpc) is 3.59. The van der Waals surface area contributed by atoms with Gasteiger partial charge in [-0.25, -0.2) is 0 Å². The second-order valence-electron chi connectivity index (χ2n) is 8.61. The van der Waals surface area contributed by atoms with E-state index >= 15 is 0 Å². The number of hydrogen-bond donors (Lipinski definition) is 0. The molecule has 8 nitrogen and oxygen atoms in total. The van der Waals surface area contributed by atoms with E-state index < -0.39 is 0 Å². The van der Waals surface area contributed by atoms with Gasteiger partial charge in [-0.3, -0.25) is 14.5 Å². The van der Waals surface area contributed by atoms with Crippen molar-refractivity contribution in [1.82, 2.24) is 19.9 Å². The van der Waals surface area contributed by atoms with Crippen LogP contribution in [0.5, 0.6) is 5.75 Å². The zero-order chi connectivity index (χ0) is 24.5. The molecule has 9 heteroatoms. The highest BCUT2D eigenvalue weighted by molar-refractivity contribution is 7.13. The number of ketones is 1. The Bertz CT molecular complexity index is 1070. The molecule has 1 aliphatic rings. The number of carbonyl (C=O) groups excluding carboxylic acids is 2. The number of Topliss-reactive ketones (excluding diaryl/α,β-unsaturated/α-hetero) is 1. The summed E-state index contributed by atoms with van der Waals surface area (Å²) >= 11 is 1.60. The fourth-order valence-electron chi connectivity index (χ4n) is 4.02. The zero-order valence-corrected chi connectivity index (χ0v) is 21.0. The predicted octanol–water partition coefficient (Wildman–Crippen LogP) is 4.33. The summed E-state index contributed by atoms with van der Waals surface area (Å²) in [5.74, 6) is 2.11. The van der Waals surface area contributed by atoms with Gasteiger partial charge >= 0.3 is 0 Å². The van der Waals surface area contributed by atoms with Crippen LogP contribution in [-0.2, 0) is 11.2 Å². The molecule has 0 unspecified atom stereocenters. The lowest BCUT2D eigenvalue weighted by Crippen LogP contribution is -2.48. The fourth-order valence-corrected chi connectivity index (χ4v) is 4.67. The number of hydrogen-bond acceptors (Lipinski definition) is 8. The summed E-state index contributed by atoms with van der Waals surface area (Å²) in [6, 6.07) is 11.1. The van der Waals surface area contributed by atoms with Crippen LogP contribution in [0, 0.1) is 0 Å². The Labute approximate surface area is 209 Å². The van der Waals surface area contributed by atoms with Gasteiger partial charge in [0, 0.05) is 51.0 Å². The third kappa shape index (κ3) is 7.22. The lowest BCUT2D eigenvalue weighted by molar-refractivity contribution is -0.132. The third-order valence-corrected chi connectivity index (χ3v) is 6.88. The molecule has 4 rings (SSSR count). The minimum Gasteiger partial charge on any atom is -0.494 e. The molecule has 186 valence electrons. The molecule has 0 bridgehead atoms. The number of aromatic nitrogens is 2. The van der Waals surface area contributed by atoms with E-state index in [0.717, 1.165) is 49.5 Å². The summed E-state index contributed by atoms with van der Waals surface area (Å²) in [5.41, 5.74) is 0.621. The first kappa shape index (κ1) is 25.1. The van der Waals surface area contributed by atoms with E-state index in [-0.39, 0.29) is 24.5 Å². The maximum atomic E-state index is 12.6. The molecule has 1 aliphatic heterocycles. The first-order valence-electron chi connectivity index (χ1n) is 12.2. The number of carbonyl (C=O) groups is 2. The largest absolute Gasteiger partial charge is 0.494 e. The van der Waals surface area contributed by atoms with Crippen LogP contribution < -0.4 is 4.74 Å². The minimum atomic E-state index is -0.0118. The van der Waals surface area contributed by atoms with Crippen LogP contribution in [0.3, 0.4) is 0 Å². The number of amides is 1. The first-order chi connectivity index (χ1) is 17.1. The quantitative estimate of drug-likeness (QED) is 0.345. The van der Waals surface area contributed by atoms with Gasteiger partial charge in [0.15, 0.2) is 5.78 Å². The molecule has 0 radical (unpaired) electrons. The molecule has 0 atom stereocenters. The summed E-state index contributed by atoms with van der Waals surface area (Å²) in [5, 5.41) is 6.05. The van der Waals surface area contributed by atoms with E-state index in [0.29, 0.717) is 37.0 Å². The van der Waals surface area contributed by atoms with Crippen molar-refractivity contribution >= 4 is 23.0 Å². The molecule has 1 fully saturated rings. The Hall–Kier alpha value is -3.04. The lowest BCUT2D eigenvalue weighted by Gasteiger charge is -2.34. The van der Waals surface area contributed by atoms with Crippen molar-refractivity contribution in [2.75, 3.05) is 39.3 Å². The molecule has 1 aromatic carbocycles. The highest BCUT2D eigenvalue weighted by Crippen LogP contribution is 2.21. The fraction of sp³-hybridized carbons (Fsp3) is 0.462. The van der Waals surface area contributed by atoms with E-state index in [4.69, 9.17) is 9.26 Å². The normalized spacial score (nSPS) is 14.3. The van der Waals surface area contributed by atoms with Crippen molar-refractivity contribution in [3.8, 4) is 16.5 Å². The number of rotatable bonds is 12. The summed E-state index contributed by atoms with van der Waals surface area (Å²) in [4.78, 5) is 34.8. The maximum absolute atomic E-state index is 12.6. The van der Waals surface area contributed by atoms with E-state index in [1.54, 1.807) is 23.5 Å². The lowest BCUT2D eigenvalue weighted by atomic mass is 10.1. The van der Waals surface area contributed by atoms with Crippen LogP contribution in [-0.4, -0.2) is 71.0 Å². The topological polar surface area (TPSA) is 88.8 Å². The summed E-state index contributed by atoms with van der Waals surface area (Å²) in [7, 11) is 0. The van der Waals surface area contributed by atoms with Crippen LogP contribution in [0.4, 0.5) is 0 Å². The van der Waals surface area contributed by atoms with Crippen molar-refractivity contribution in [3.05, 3.63) is 53.2 Å². The van der Waals surface area contributed by atoms with E-state index in [1.165, 1.54) is 0 Å². The molecule has 0 saturated carbocycles. The van der Waals surface area contributed by atoms with Gasteiger partial charge in [0.2, 0.25) is 17.6 Å². The number of aryl methyl sites for hydroxylation is 1. The molecule has 3 aromatic rings. The van der Waals surface area contributed by atoms with Gasteiger partial charge in [0.05, 0.1) is 11.5 Å². The van der Waals surface area contributed by atoms with Gasteiger partial charge < -0.3 is 14.2 Å². The third-order valence-electron chi connectivity index (χ3n) is 6.01. The van der Waals surface area contributed by atoms with Gasteiger partial charge in [0.1, 0.15) is 5.75 Å². The molecule has 1 saturated heterocycles. The Balaban J connectivity index is 1.12. The second-order valence-corrected chi connectivity index (χ2v) is 9.56. The number of benzene rings is 1. The van der Waals surface area contributed by atoms with Crippen molar-refractivity contribution in [2.45, 2.75) is 39.0 Å². The van der Waals surface area contributed by atoms with Crippen molar-refractivity contribution in [3.63, 3.8) is 0 Å². The molecule has 35 heavy (non-hydrogen) atoms. The molecular formula is C26H32N4O4S. The molecule has 2 aromatic heterocycles. The predicted molar refractivity (Wildman–Crippen MR) is 135 cm³/mol. The van der Waals surface area contributed by atoms with E-state index in [2.05, 4.69) is 22.0 Å². The molecular weight excluding hydrogens is 464 g/mol. The molecule has 0 spiro atoms. The maximum Gasteiger partial charge on any atom is 0.227 e. The second kappa shape index (κ2) is 12.6. The first-order valence-corrected chi connectivity index (χ1v) is 13.1. The van der Waals surface area contributed by atoms with Crippen molar-refractivity contribution in [1.29, 1.82) is 0 Å². The standard InChI is InChI=1S/C26H32N4O4S/c1-2-18-33-21-9-7-20(8-10-21)22(31)11-12-25(32)30-16-14-29(15-17-30)13-3-6-24-27-26(28-34-24)23-5-4-19-35-23/h4-5,7-10,19H,2-3,6,11-18H2,1H3. The van der Waals surface area contributed by atoms with Gasteiger partial charge in [-0.15, -0.1) is 11.3 Å². The Morgan fingerprint density at radius 1 is 1.09 bits per heavy atom. The van der Waals surface area contributed by atoms with Crippen LogP contribution in [0.2, 0.25) is 0 Å². The summed E-state index contributed by atoms with van der Waals surface area (Å²) < 4.78 is 10.9. The molecule has 0 aliphatic carbocycles. The SMILES string of the molecule is CCCOc1ccc(C(=O)CCC(=O)N2CCN(CCCc3nc(-c4cccs4)no3)CC2)cc1. The molecule has 1 amide bonds. The highest BCUT2D eigenvalue weighted by Gasteiger charge is 2.22. The van der Waals surface area contributed by atoms with E-state index in [9.17, 15) is 9.59 Å². The minimum absolute atomic E-state index is 0.0118. The Morgan fingerprint density at radius 3 is 2.60 bits per heavy atom. The van der Waals surface area contributed by atoms with Gasteiger partial charge in [-0.05, 0) is 55.1 Å². The number of ether oxygens (including phenoxy) is 1. The van der Waals surface area contributed by atoms with Gasteiger partial charge in [-0.2, -0.15) is 4.98 Å². The smallest absolute Gasteiger partial charge is 0.227 e. The number of nitrogens with zero attached hydrogens (tertiary/aromatic N) is 4. The van der Waals surface area contributed by atoms with Crippen molar-refractivity contribution in [2.24, 2.45) is 0 Å². The number of piperazine rings is 1. The summed E-state index contributed by atoms with van der Waals surface area (Å²) in [6.07, 6.45) is 3.08. The molecule has 0 N–H and O–H groups in total. The van der Waals surface area contributed by atoms with Gasteiger partial charge in [0.25, 0.3) is 0 Å². The highest BCUT2D eigenvalue weighted by atomic mass is 32.1. The Kier molecular flexibility index (Phi) is 9.02. The number of thiophene rings is 1. The van der Waals surface area contributed by atoms with Crippen LogP contribution in [0.1, 0.15) is 48.9 Å². The van der Waals surface area contributed by atoms with E-state index in [1.807, 2.05) is 34.5 Å². The zero-order valence-electron chi connectivity index (χ0n) is 20.1. The monoisotopic (exact) mass is 496 g/mol. The average molecular weight is 497 g/mol. The Morgan fingerprint density at radius 2 is 1.89 bits per heavy atom. The van der Waals surface area contributed by atoms with Crippen LogP contribution >= 0.6 is 11.3 Å². The van der Waals surface area contributed by atoms with Crippen LogP contribution in [0.15, 0.2) is 46.3 Å².